The fraction of sp³-hybridized carbons (Fsp3) is 0.533. The lowest BCUT2D eigenvalue weighted by atomic mass is 9.92. The first-order chi connectivity index (χ1) is 9.02. The summed E-state index contributed by atoms with van der Waals surface area (Å²) in [5, 5.41) is 4.13. The van der Waals surface area contributed by atoms with Gasteiger partial charge < -0.3 is 10.1 Å². The van der Waals surface area contributed by atoms with Gasteiger partial charge in [0.15, 0.2) is 0 Å². The van der Waals surface area contributed by atoms with Gasteiger partial charge in [-0.2, -0.15) is 0 Å². The molecule has 0 aromatic heterocycles. The van der Waals surface area contributed by atoms with Crippen molar-refractivity contribution in [3.63, 3.8) is 0 Å². The van der Waals surface area contributed by atoms with Gasteiger partial charge in [-0.25, -0.2) is 0 Å². The minimum Gasteiger partial charge on any atom is -0.371 e. The monoisotopic (exact) mass is 280 g/mol. The molecule has 1 aromatic rings. The van der Waals surface area contributed by atoms with Crippen LogP contribution in [0.5, 0.6) is 0 Å². The molecule has 1 atom stereocenters. The number of ether oxygens (including phenoxy) is 1. The molecule has 0 radical (unpaired) electrons. The summed E-state index contributed by atoms with van der Waals surface area (Å²) in [6.45, 7) is 8.81. The highest BCUT2D eigenvalue weighted by Crippen LogP contribution is 2.25. The van der Waals surface area contributed by atoms with Gasteiger partial charge >= 0.3 is 0 Å². The minimum absolute atomic E-state index is 0.127. The summed E-state index contributed by atoms with van der Waals surface area (Å²) in [6.07, 6.45) is -0.127. The summed E-state index contributed by atoms with van der Waals surface area (Å²) < 4.78 is 5.84. The summed E-state index contributed by atoms with van der Waals surface area (Å²) in [5.74, 6) is 0.920. The van der Waals surface area contributed by atoms with Crippen molar-refractivity contribution < 1.29 is 4.74 Å². The Hall–Kier alpha value is -1.06. The van der Waals surface area contributed by atoms with Crippen LogP contribution in [0.15, 0.2) is 29.3 Å². The Kier molecular flexibility index (Phi) is 4.48. The third kappa shape index (κ3) is 3.71. The Morgan fingerprint density at radius 1 is 1.37 bits per heavy atom. The highest BCUT2D eigenvalue weighted by Gasteiger charge is 2.27. The van der Waals surface area contributed by atoms with Crippen molar-refractivity contribution in [3.05, 3.63) is 34.9 Å². The maximum atomic E-state index is 5.93. The first-order valence-corrected chi connectivity index (χ1v) is 7.05. The second-order valence-electron chi connectivity index (χ2n) is 5.61. The molecule has 3 nitrogen and oxygen atoms in total. The van der Waals surface area contributed by atoms with Gasteiger partial charge in [0.05, 0.1) is 0 Å². The number of nitrogens with one attached hydrogen (secondary N) is 1. The molecule has 1 aliphatic heterocycles. The molecule has 1 aromatic carbocycles. The number of rotatable bonds is 4. The summed E-state index contributed by atoms with van der Waals surface area (Å²) >= 11 is 5.93. The Balaban J connectivity index is 2.21. The van der Waals surface area contributed by atoms with Crippen LogP contribution in [0.4, 0.5) is 0 Å². The highest BCUT2D eigenvalue weighted by molar-refractivity contribution is 6.30. The summed E-state index contributed by atoms with van der Waals surface area (Å²) in [7, 11) is 0. The van der Waals surface area contributed by atoms with E-state index in [1.165, 1.54) is 0 Å². The van der Waals surface area contributed by atoms with E-state index in [4.69, 9.17) is 16.3 Å². The number of nitrogens with zero attached hydrogens (tertiary/aromatic N) is 1. The molecule has 1 heterocycles. The largest absolute Gasteiger partial charge is 0.371 e. The fourth-order valence-electron chi connectivity index (χ4n) is 2.05. The molecular weight excluding hydrogens is 260 g/mol. The predicted octanol–water partition coefficient (Wildman–Crippen LogP) is 3.45. The third-order valence-electron chi connectivity index (χ3n) is 3.18. The SMILES string of the molecule is CCO[C@@H](C1=NCC(C)(C)CN1)c1ccc(Cl)cc1. The molecule has 19 heavy (non-hydrogen) atoms. The molecule has 0 unspecified atom stereocenters. The third-order valence-corrected chi connectivity index (χ3v) is 3.43. The van der Waals surface area contributed by atoms with Crippen LogP contribution in [0.2, 0.25) is 5.02 Å². The van der Waals surface area contributed by atoms with Crippen molar-refractivity contribution >= 4 is 17.4 Å². The van der Waals surface area contributed by atoms with Crippen LogP contribution in [0.25, 0.3) is 0 Å². The molecule has 4 heteroatoms. The van der Waals surface area contributed by atoms with Crippen LogP contribution < -0.4 is 5.32 Å². The molecule has 0 saturated heterocycles. The van der Waals surface area contributed by atoms with E-state index in [2.05, 4.69) is 24.2 Å². The Bertz CT molecular complexity index is 454. The van der Waals surface area contributed by atoms with Crippen molar-refractivity contribution in [1.82, 2.24) is 5.32 Å². The standard InChI is InChI=1S/C15H21ClN2O/c1-4-19-13(11-5-7-12(16)8-6-11)14-17-9-15(2,3)10-18-14/h5-8,13H,4,9-10H2,1-3H3,(H,17,18)/t13-/m1/s1. The van der Waals surface area contributed by atoms with Gasteiger partial charge in [-0.05, 0) is 24.6 Å². The van der Waals surface area contributed by atoms with E-state index in [9.17, 15) is 0 Å². The normalized spacial score (nSPS) is 19.5. The van der Waals surface area contributed by atoms with E-state index in [0.29, 0.717) is 6.61 Å². The molecule has 2 rings (SSSR count). The van der Waals surface area contributed by atoms with Crippen molar-refractivity contribution in [2.75, 3.05) is 19.7 Å². The zero-order valence-corrected chi connectivity index (χ0v) is 12.5. The summed E-state index contributed by atoms with van der Waals surface area (Å²) in [6, 6.07) is 7.76. The topological polar surface area (TPSA) is 33.6 Å². The maximum absolute atomic E-state index is 5.93. The van der Waals surface area contributed by atoms with Crippen molar-refractivity contribution in [2.45, 2.75) is 26.9 Å². The number of halogens is 1. The minimum atomic E-state index is -0.127. The number of hydrogen-bond donors (Lipinski definition) is 1. The molecule has 1 aliphatic rings. The second kappa shape index (κ2) is 5.93. The first-order valence-electron chi connectivity index (χ1n) is 6.67. The van der Waals surface area contributed by atoms with E-state index in [-0.39, 0.29) is 11.5 Å². The Morgan fingerprint density at radius 2 is 2.05 bits per heavy atom. The van der Waals surface area contributed by atoms with E-state index in [1.54, 1.807) is 0 Å². The zero-order valence-electron chi connectivity index (χ0n) is 11.7. The summed E-state index contributed by atoms with van der Waals surface area (Å²) in [4.78, 5) is 4.65. The van der Waals surface area contributed by atoms with Gasteiger partial charge in [0, 0.05) is 30.1 Å². The van der Waals surface area contributed by atoms with E-state index >= 15 is 0 Å². The predicted molar refractivity (Wildman–Crippen MR) is 79.9 cm³/mol. The van der Waals surface area contributed by atoms with Crippen molar-refractivity contribution in [2.24, 2.45) is 10.4 Å². The number of benzene rings is 1. The van der Waals surface area contributed by atoms with Crippen LogP contribution in [0, 0.1) is 5.41 Å². The smallest absolute Gasteiger partial charge is 0.139 e. The van der Waals surface area contributed by atoms with Crippen LogP contribution in [0.1, 0.15) is 32.4 Å². The molecule has 1 N–H and O–H groups in total. The first kappa shape index (κ1) is 14.4. The van der Waals surface area contributed by atoms with Gasteiger partial charge in [-0.15, -0.1) is 0 Å². The average molecular weight is 281 g/mol. The molecule has 0 amide bonds. The molecular formula is C15H21ClN2O. The molecule has 104 valence electrons. The van der Waals surface area contributed by atoms with Crippen LogP contribution in [-0.2, 0) is 4.74 Å². The van der Waals surface area contributed by atoms with Gasteiger partial charge in [0.2, 0.25) is 0 Å². The molecule has 0 spiro atoms. The number of hydrogen-bond acceptors (Lipinski definition) is 3. The van der Waals surface area contributed by atoms with Crippen molar-refractivity contribution in [3.8, 4) is 0 Å². The molecule has 0 aliphatic carbocycles. The summed E-state index contributed by atoms with van der Waals surface area (Å²) in [5.41, 5.74) is 1.29. The molecule has 0 bridgehead atoms. The van der Waals surface area contributed by atoms with Gasteiger partial charge in [-0.3, -0.25) is 4.99 Å². The van der Waals surface area contributed by atoms with Crippen LogP contribution in [0.3, 0.4) is 0 Å². The lowest BCUT2D eigenvalue weighted by molar-refractivity contribution is 0.105. The van der Waals surface area contributed by atoms with Gasteiger partial charge in [0.25, 0.3) is 0 Å². The van der Waals surface area contributed by atoms with E-state index in [1.807, 2.05) is 31.2 Å². The fourth-order valence-corrected chi connectivity index (χ4v) is 2.18. The van der Waals surface area contributed by atoms with E-state index in [0.717, 1.165) is 29.5 Å². The van der Waals surface area contributed by atoms with Gasteiger partial charge in [0.1, 0.15) is 11.9 Å². The Morgan fingerprint density at radius 3 is 2.58 bits per heavy atom. The number of aliphatic imine (C=N–C) groups is 1. The van der Waals surface area contributed by atoms with Crippen molar-refractivity contribution in [1.29, 1.82) is 0 Å². The Labute approximate surface area is 120 Å². The number of amidine groups is 1. The molecule has 0 saturated carbocycles. The lowest BCUT2D eigenvalue weighted by Crippen LogP contribution is -2.43. The van der Waals surface area contributed by atoms with Crippen LogP contribution >= 0.6 is 11.6 Å². The van der Waals surface area contributed by atoms with E-state index < -0.39 is 0 Å². The maximum Gasteiger partial charge on any atom is 0.139 e. The highest BCUT2D eigenvalue weighted by atomic mass is 35.5. The lowest BCUT2D eigenvalue weighted by Gasteiger charge is -2.32. The van der Waals surface area contributed by atoms with Gasteiger partial charge in [-0.1, -0.05) is 37.6 Å². The molecule has 0 fully saturated rings. The van der Waals surface area contributed by atoms with Crippen LogP contribution in [-0.4, -0.2) is 25.5 Å². The second-order valence-corrected chi connectivity index (χ2v) is 6.04. The average Bonchev–Trinajstić information content (AvgIpc) is 2.38. The quantitative estimate of drug-likeness (QED) is 0.916. The zero-order chi connectivity index (χ0) is 13.9.